The molecule has 130 valence electrons. The van der Waals surface area contributed by atoms with Gasteiger partial charge in [0.15, 0.2) is 0 Å². The van der Waals surface area contributed by atoms with Gasteiger partial charge in [-0.2, -0.15) is 13.8 Å². The fourth-order valence-electron chi connectivity index (χ4n) is 2.53. The molecule has 2 amide bonds. The average Bonchev–Trinajstić information content (AvgIpc) is 3.11. The van der Waals surface area contributed by atoms with Gasteiger partial charge in [-0.05, 0) is 29.8 Å². The van der Waals surface area contributed by atoms with E-state index >= 15 is 0 Å². The summed E-state index contributed by atoms with van der Waals surface area (Å²) in [6, 6.07) is 12.8. The first-order chi connectivity index (χ1) is 12.7. The first-order valence-electron chi connectivity index (χ1n) is 7.78. The van der Waals surface area contributed by atoms with Crippen molar-refractivity contribution in [2.24, 2.45) is 5.10 Å². The zero-order valence-corrected chi connectivity index (χ0v) is 14.2. The highest BCUT2D eigenvalue weighted by molar-refractivity contribution is 7.00. The third-order valence-electron chi connectivity index (χ3n) is 3.81. The molecular weight excluding hydrogens is 354 g/mol. The summed E-state index contributed by atoms with van der Waals surface area (Å²) < 4.78 is 13.2. The third kappa shape index (κ3) is 3.52. The second kappa shape index (κ2) is 6.89. The molecule has 0 saturated carbocycles. The Hall–Kier alpha value is -3.33. The number of carbonyl (C=O) groups is 2. The molecule has 8 nitrogen and oxygen atoms in total. The first kappa shape index (κ1) is 16.2. The lowest BCUT2D eigenvalue weighted by atomic mass is 10.1. The molecule has 0 fully saturated rings. The monoisotopic (exact) mass is 367 g/mol. The minimum absolute atomic E-state index is 0.117. The van der Waals surface area contributed by atoms with E-state index in [4.69, 9.17) is 4.74 Å². The van der Waals surface area contributed by atoms with Crippen LogP contribution in [0.2, 0.25) is 0 Å². The van der Waals surface area contributed by atoms with Gasteiger partial charge in [-0.25, -0.2) is 10.2 Å². The Balaban J connectivity index is 1.40. The molecule has 1 aromatic heterocycles. The molecule has 0 aliphatic carbocycles. The highest BCUT2D eigenvalue weighted by Gasteiger charge is 2.14. The summed E-state index contributed by atoms with van der Waals surface area (Å²) in [6.07, 6.45) is -0.314. The van der Waals surface area contributed by atoms with Gasteiger partial charge in [0.25, 0.3) is 0 Å². The number of hydrogen-bond acceptors (Lipinski definition) is 7. The number of carbonyl (C=O) groups excluding carboxylic acids is 2. The van der Waals surface area contributed by atoms with E-state index in [1.165, 1.54) is 0 Å². The Bertz CT molecular complexity index is 1010. The van der Waals surface area contributed by atoms with Crippen LogP contribution in [0.4, 0.5) is 10.5 Å². The number of hydrogen-bond donors (Lipinski definition) is 2. The number of benzene rings is 2. The van der Waals surface area contributed by atoms with E-state index in [1.54, 1.807) is 12.1 Å². The minimum Gasteiger partial charge on any atom is -0.442 e. The number of amides is 2. The van der Waals surface area contributed by atoms with Crippen LogP contribution in [-0.4, -0.2) is 33.1 Å². The van der Waals surface area contributed by atoms with E-state index < -0.39 is 6.09 Å². The van der Waals surface area contributed by atoms with Gasteiger partial charge in [-0.15, -0.1) is 0 Å². The molecule has 0 atom stereocenters. The van der Waals surface area contributed by atoms with Gasteiger partial charge >= 0.3 is 6.09 Å². The molecule has 3 aromatic rings. The number of hydrazone groups is 1. The Morgan fingerprint density at radius 3 is 2.73 bits per heavy atom. The van der Waals surface area contributed by atoms with Crippen molar-refractivity contribution in [3.05, 3.63) is 53.6 Å². The summed E-state index contributed by atoms with van der Waals surface area (Å²) in [5.41, 5.74) is 6.88. The maximum absolute atomic E-state index is 12.2. The van der Waals surface area contributed by atoms with Crippen molar-refractivity contribution < 1.29 is 14.3 Å². The molecular formula is C17H13N5O3S. The van der Waals surface area contributed by atoms with Crippen molar-refractivity contribution in [3.8, 4) is 0 Å². The smallest absolute Gasteiger partial charge is 0.428 e. The zero-order chi connectivity index (χ0) is 17.9. The number of cyclic esters (lactones) is 1. The Morgan fingerprint density at radius 1 is 1.15 bits per heavy atom. The Morgan fingerprint density at radius 2 is 1.96 bits per heavy atom. The van der Waals surface area contributed by atoms with Crippen LogP contribution in [0.3, 0.4) is 0 Å². The summed E-state index contributed by atoms with van der Waals surface area (Å²) in [5.74, 6) is -0.120. The minimum atomic E-state index is -0.566. The van der Waals surface area contributed by atoms with Crippen LogP contribution in [0.5, 0.6) is 0 Å². The lowest BCUT2D eigenvalue weighted by Gasteiger charge is -2.13. The summed E-state index contributed by atoms with van der Waals surface area (Å²) in [4.78, 5) is 23.2. The normalized spacial score (nSPS) is 13.7. The largest absolute Gasteiger partial charge is 0.442 e. The van der Waals surface area contributed by atoms with Gasteiger partial charge in [0.2, 0.25) is 5.91 Å². The van der Waals surface area contributed by atoms with Crippen molar-refractivity contribution in [1.82, 2.24) is 14.2 Å². The zero-order valence-electron chi connectivity index (χ0n) is 13.4. The van der Waals surface area contributed by atoms with Gasteiger partial charge in [0.05, 0.1) is 18.1 Å². The lowest BCUT2D eigenvalue weighted by Crippen LogP contribution is -2.30. The first-order valence-corrected chi connectivity index (χ1v) is 8.51. The standard InChI is InChI=1S/C17H13N5O3S/c23-16(8-10-1-6-13-14(7-10)22-26-21-13)18-12-4-2-11(3-5-12)15-9-25-17(24)20-19-15/h1-7H,8-9H2,(H,18,23)(H,20,24). The number of ether oxygens (including phenoxy) is 1. The summed E-state index contributed by atoms with van der Waals surface area (Å²) in [7, 11) is 0. The molecule has 9 heteroatoms. The fourth-order valence-corrected chi connectivity index (χ4v) is 3.05. The van der Waals surface area contributed by atoms with Crippen molar-refractivity contribution in [1.29, 1.82) is 0 Å². The predicted octanol–water partition coefficient (Wildman–Crippen LogP) is 2.32. The average molecular weight is 367 g/mol. The second-order valence-electron chi connectivity index (χ2n) is 5.64. The summed E-state index contributed by atoms with van der Waals surface area (Å²) in [5, 5.41) is 6.80. The van der Waals surface area contributed by atoms with Crippen LogP contribution in [-0.2, 0) is 16.0 Å². The van der Waals surface area contributed by atoms with Crippen LogP contribution in [0.15, 0.2) is 47.6 Å². The Labute approximate surface area is 152 Å². The number of nitrogens with one attached hydrogen (secondary N) is 2. The topological polar surface area (TPSA) is 106 Å². The van der Waals surface area contributed by atoms with Gasteiger partial charge in [0, 0.05) is 11.3 Å². The van der Waals surface area contributed by atoms with E-state index in [0.717, 1.165) is 33.9 Å². The summed E-state index contributed by atoms with van der Waals surface area (Å²) in [6.45, 7) is 0.117. The third-order valence-corrected chi connectivity index (χ3v) is 4.36. The molecule has 2 N–H and O–H groups in total. The molecule has 0 spiro atoms. The Kier molecular flexibility index (Phi) is 4.28. The maximum Gasteiger partial charge on any atom is 0.428 e. The van der Waals surface area contributed by atoms with E-state index in [2.05, 4.69) is 24.6 Å². The van der Waals surface area contributed by atoms with Gasteiger partial charge in [-0.1, -0.05) is 18.2 Å². The van der Waals surface area contributed by atoms with Gasteiger partial charge in [-0.3, -0.25) is 4.79 Å². The number of anilines is 1. The molecule has 1 aliphatic heterocycles. The van der Waals surface area contributed by atoms with Crippen LogP contribution in [0, 0.1) is 0 Å². The predicted molar refractivity (Wildman–Crippen MR) is 97.2 cm³/mol. The molecule has 0 saturated heterocycles. The lowest BCUT2D eigenvalue weighted by molar-refractivity contribution is -0.115. The van der Waals surface area contributed by atoms with Crippen LogP contribution < -0.4 is 10.7 Å². The molecule has 1 aliphatic rings. The van der Waals surface area contributed by atoms with Gasteiger partial charge < -0.3 is 10.1 Å². The van der Waals surface area contributed by atoms with E-state index in [-0.39, 0.29) is 18.9 Å². The van der Waals surface area contributed by atoms with Crippen LogP contribution in [0.1, 0.15) is 11.1 Å². The highest BCUT2D eigenvalue weighted by atomic mass is 32.1. The van der Waals surface area contributed by atoms with Crippen molar-refractivity contribution in [2.45, 2.75) is 6.42 Å². The quantitative estimate of drug-likeness (QED) is 0.736. The molecule has 2 heterocycles. The van der Waals surface area contributed by atoms with Crippen molar-refractivity contribution in [2.75, 3.05) is 11.9 Å². The van der Waals surface area contributed by atoms with Gasteiger partial charge in [0.1, 0.15) is 23.4 Å². The fraction of sp³-hybridized carbons (Fsp3) is 0.118. The molecule has 0 radical (unpaired) electrons. The van der Waals surface area contributed by atoms with Crippen LogP contribution >= 0.6 is 11.7 Å². The van der Waals surface area contributed by atoms with Crippen molar-refractivity contribution >= 4 is 46.2 Å². The summed E-state index contributed by atoms with van der Waals surface area (Å²) >= 11 is 1.15. The second-order valence-corrected chi connectivity index (χ2v) is 6.16. The molecule has 26 heavy (non-hydrogen) atoms. The number of aromatic nitrogens is 2. The SMILES string of the molecule is O=C(Cc1ccc2nsnc2c1)Nc1ccc(C2=NNC(=O)OC2)cc1. The number of rotatable bonds is 4. The van der Waals surface area contributed by atoms with Crippen LogP contribution in [0.25, 0.3) is 11.0 Å². The van der Waals surface area contributed by atoms with Crippen molar-refractivity contribution in [3.63, 3.8) is 0 Å². The number of fused-ring (bicyclic) bond motifs is 1. The van der Waals surface area contributed by atoms with E-state index in [9.17, 15) is 9.59 Å². The number of nitrogens with zero attached hydrogens (tertiary/aromatic N) is 3. The highest BCUT2D eigenvalue weighted by Crippen LogP contribution is 2.16. The molecule has 2 aromatic carbocycles. The molecule has 0 unspecified atom stereocenters. The van der Waals surface area contributed by atoms with E-state index in [0.29, 0.717) is 11.4 Å². The van der Waals surface area contributed by atoms with E-state index in [1.807, 2.05) is 30.3 Å². The molecule has 0 bridgehead atoms. The molecule has 4 rings (SSSR count). The maximum atomic E-state index is 12.2.